The Bertz CT molecular complexity index is 719. The molecule has 1 aromatic heterocycles. The maximum absolute atomic E-state index is 12.3. The zero-order valence-electron chi connectivity index (χ0n) is 11.0. The molecule has 1 aromatic carbocycles. The Morgan fingerprint density at radius 2 is 2.14 bits per heavy atom. The largest absolute Gasteiger partial charge is 0.508 e. The van der Waals surface area contributed by atoms with Crippen LogP contribution < -0.4 is 5.32 Å². The lowest BCUT2D eigenvalue weighted by Gasteiger charge is -2.08. The highest BCUT2D eigenvalue weighted by Crippen LogP contribution is 2.38. The molecule has 1 aliphatic rings. The number of hydrogen-bond donors (Lipinski definition) is 2. The van der Waals surface area contributed by atoms with E-state index in [0.717, 1.165) is 12.8 Å². The van der Waals surface area contributed by atoms with E-state index >= 15 is 0 Å². The highest BCUT2D eigenvalue weighted by atomic mass is 16.6. The molecular formula is C14H13N3O4. The molecule has 2 aromatic rings. The molecule has 1 amide bonds. The molecule has 3 rings (SSSR count). The van der Waals surface area contributed by atoms with Gasteiger partial charge in [0.2, 0.25) is 0 Å². The van der Waals surface area contributed by atoms with Crippen LogP contribution in [0.15, 0.2) is 36.5 Å². The number of phenolic OH excluding ortho intramolecular Hbond substituents is 1. The summed E-state index contributed by atoms with van der Waals surface area (Å²) in [6.45, 7) is 0. The fraction of sp³-hybridized carbons (Fsp3) is 0.214. The summed E-state index contributed by atoms with van der Waals surface area (Å²) in [7, 11) is 0. The first-order valence-electron chi connectivity index (χ1n) is 6.51. The van der Waals surface area contributed by atoms with Gasteiger partial charge in [-0.25, -0.2) is 0 Å². The molecule has 1 heterocycles. The number of carbonyl (C=O) groups excluding carboxylic acids is 1. The van der Waals surface area contributed by atoms with Crippen molar-refractivity contribution in [1.82, 2.24) is 4.57 Å². The molecular weight excluding hydrogens is 274 g/mol. The van der Waals surface area contributed by atoms with Gasteiger partial charge in [-0.2, -0.15) is 0 Å². The quantitative estimate of drug-likeness (QED) is 0.667. The number of anilines is 1. The van der Waals surface area contributed by atoms with Crippen LogP contribution in [0.4, 0.5) is 11.4 Å². The van der Waals surface area contributed by atoms with Crippen molar-refractivity contribution in [2.75, 3.05) is 5.32 Å². The minimum Gasteiger partial charge on any atom is -0.508 e. The third kappa shape index (κ3) is 2.71. The number of nitrogens with zero attached hydrogens (tertiary/aromatic N) is 2. The lowest BCUT2D eigenvalue weighted by Crippen LogP contribution is -2.16. The van der Waals surface area contributed by atoms with Crippen LogP contribution in [0, 0.1) is 10.1 Å². The third-order valence-corrected chi connectivity index (χ3v) is 3.32. The summed E-state index contributed by atoms with van der Waals surface area (Å²) in [6.07, 6.45) is 3.23. The number of nitrogens with one attached hydrogen (secondary N) is 1. The van der Waals surface area contributed by atoms with Crippen LogP contribution in [-0.4, -0.2) is 20.5 Å². The molecule has 0 bridgehead atoms. The van der Waals surface area contributed by atoms with E-state index in [2.05, 4.69) is 5.32 Å². The standard InChI is InChI=1S/C14H13N3O4/c18-12-3-1-2-9(6-12)15-14(19)13-7-11(17(20)21)8-16(13)10-4-5-10/h1-3,6-8,10,18H,4-5H2,(H,15,19). The maximum Gasteiger partial charge on any atom is 0.287 e. The molecule has 7 nitrogen and oxygen atoms in total. The van der Waals surface area contributed by atoms with Crippen LogP contribution in [-0.2, 0) is 0 Å². The minimum absolute atomic E-state index is 0.0383. The zero-order chi connectivity index (χ0) is 15.0. The van der Waals surface area contributed by atoms with E-state index in [1.54, 1.807) is 16.7 Å². The minimum atomic E-state index is -0.510. The van der Waals surface area contributed by atoms with Crippen molar-refractivity contribution in [1.29, 1.82) is 0 Å². The van der Waals surface area contributed by atoms with E-state index < -0.39 is 10.8 Å². The molecule has 0 radical (unpaired) electrons. The van der Waals surface area contributed by atoms with E-state index in [-0.39, 0.29) is 23.2 Å². The highest BCUT2D eigenvalue weighted by Gasteiger charge is 2.30. The Morgan fingerprint density at radius 1 is 1.38 bits per heavy atom. The van der Waals surface area contributed by atoms with Crippen LogP contribution in [0.3, 0.4) is 0 Å². The number of phenols is 1. The number of hydrogen-bond acceptors (Lipinski definition) is 4. The van der Waals surface area contributed by atoms with Crippen molar-refractivity contribution >= 4 is 17.3 Å². The fourth-order valence-corrected chi connectivity index (χ4v) is 2.18. The van der Waals surface area contributed by atoms with Gasteiger partial charge in [-0.3, -0.25) is 14.9 Å². The van der Waals surface area contributed by atoms with Crippen molar-refractivity contribution in [2.24, 2.45) is 0 Å². The van der Waals surface area contributed by atoms with E-state index in [9.17, 15) is 20.0 Å². The summed E-state index contributed by atoms with van der Waals surface area (Å²) < 4.78 is 1.65. The topological polar surface area (TPSA) is 97.4 Å². The predicted octanol–water partition coefficient (Wildman–Crippen LogP) is 2.69. The Morgan fingerprint density at radius 3 is 2.76 bits per heavy atom. The predicted molar refractivity (Wildman–Crippen MR) is 75.4 cm³/mol. The molecule has 1 saturated carbocycles. The molecule has 21 heavy (non-hydrogen) atoms. The molecule has 0 atom stereocenters. The highest BCUT2D eigenvalue weighted by molar-refractivity contribution is 6.03. The van der Waals surface area contributed by atoms with Gasteiger partial charge in [0, 0.05) is 23.9 Å². The number of aromatic nitrogens is 1. The number of amides is 1. The fourth-order valence-electron chi connectivity index (χ4n) is 2.18. The summed E-state index contributed by atoms with van der Waals surface area (Å²) in [4.78, 5) is 22.6. The molecule has 0 spiro atoms. The van der Waals surface area contributed by atoms with Gasteiger partial charge in [0.25, 0.3) is 11.6 Å². The second-order valence-electron chi connectivity index (χ2n) is 4.98. The van der Waals surface area contributed by atoms with E-state index in [4.69, 9.17) is 0 Å². The molecule has 0 aliphatic heterocycles. The Labute approximate surface area is 120 Å². The van der Waals surface area contributed by atoms with Gasteiger partial charge in [-0.15, -0.1) is 0 Å². The SMILES string of the molecule is O=C(Nc1cccc(O)c1)c1cc([N+](=O)[O-])cn1C1CC1. The van der Waals surface area contributed by atoms with Gasteiger partial charge in [0.05, 0.1) is 11.1 Å². The molecule has 7 heteroatoms. The Kier molecular flexibility index (Phi) is 3.09. The summed E-state index contributed by atoms with van der Waals surface area (Å²) in [5.41, 5.74) is 0.599. The van der Waals surface area contributed by atoms with Crippen LogP contribution in [0.2, 0.25) is 0 Å². The van der Waals surface area contributed by atoms with Crippen molar-refractivity contribution in [3.05, 3.63) is 52.3 Å². The van der Waals surface area contributed by atoms with Crippen LogP contribution >= 0.6 is 0 Å². The lowest BCUT2D eigenvalue weighted by atomic mass is 10.3. The molecule has 2 N–H and O–H groups in total. The smallest absolute Gasteiger partial charge is 0.287 e. The van der Waals surface area contributed by atoms with Crippen molar-refractivity contribution < 1.29 is 14.8 Å². The number of benzene rings is 1. The molecule has 0 unspecified atom stereocenters. The van der Waals surface area contributed by atoms with Crippen LogP contribution in [0.25, 0.3) is 0 Å². The first-order valence-corrected chi connectivity index (χ1v) is 6.51. The van der Waals surface area contributed by atoms with Crippen molar-refractivity contribution in [3.8, 4) is 5.75 Å². The summed E-state index contributed by atoms with van der Waals surface area (Å²) in [5.74, 6) is -0.392. The molecule has 1 aliphatic carbocycles. The summed E-state index contributed by atoms with van der Waals surface area (Å²) in [5, 5.41) is 22.9. The van der Waals surface area contributed by atoms with Gasteiger partial charge in [-0.05, 0) is 25.0 Å². The van der Waals surface area contributed by atoms with Crippen LogP contribution in [0.1, 0.15) is 29.4 Å². The normalized spacial score (nSPS) is 13.9. The van der Waals surface area contributed by atoms with Crippen LogP contribution in [0.5, 0.6) is 5.75 Å². The second-order valence-corrected chi connectivity index (χ2v) is 4.98. The van der Waals surface area contributed by atoms with Gasteiger partial charge >= 0.3 is 0 Å². The third-order valence-electron chi connectivity index (χ3n) is 3.32. The monoisotopic (exact) mass is 287 g/mol. The van der Waals surface area contributed by atoms with Gasteiger partial charge < -0.3 is 15.0 Å². The Balaban J connectivity index is 1.88. The van der Waals surface area contributed by atoms with E-state index in [1.807, 2.05) is 0 Å². The average molecular weight is 287 g/mol. The molecule has 1 fully saturated rings. The van der Waals surface area contributed by atoms with Gasteiger partial charge in [-0.1, -0.05) is 6.07 Å². The van der Waals surface area contributed by atoms with Crippen molar-refractivity contribution in [3.63, 3.8) is 0 Å². The number of aromatic hydroxyl groups is 1. The number of nitro groups is 1. The zero-order valence-corrected chi connectivity index (χ0v) is 11.0. The number of carbonyl (C=O) groups is 1. The van der Waals surface area contributed by atoms with E-state index in [1.165, 1.54) is 24.4 Å². The Hall–Kier alpha value is -2.83. The summed E-state index contributed by atoms with van der Waals surface area (Å²) in [6, 6.07) is 7.58. The number of rotatable bonds is 4. The van der Waals surface area contributed by atoms with Gasteiger partial charge in [0.1, 0.15) is 11.4 Å². The van der Waals surface area contributed by atoms with Gasteiger partial charge in [0.15, 0.2) is 0 Å². The average Bonchev–Trinajstić information content (AvgIpc) is 3.17. The molecule has 108 valence electrons. The molecule has 0 saturated heterocycles. The first-order chi connectivity index (χ1) is 10.0. The first kappa shape index (κ1) is 13.2. The second kappa shape index (κ2) is 4.93. The summed E-state index contributed by atoms with van der Waals surface area (Å²) >= 11 is 0. The maximum atomic E-state index is 12.3. The van der Waals surface area contributed by atoms with E-state index in [0.29, 0.717) is 5.69 Å². The van der Waals surface area contributed by atoms with Crippen molar-refractivity contribution in [2.45, 2.75) is 18.9 Å². The lowest BCUT2D eigenvalue weighted by molar-refractivity contribution is -0.384.